The van der Waals surface area contributed by atoms with Crippen LogP contribution >= 0.6 is 11.8 Å². The van der Waals surface area contributed by atoms with Crippen molar-refractivity contribution in [1.29, 1.82) is 0 Å². The first kappa shape index (κ1) is 18.1. The molecule has 0 saturated carbocycles. The number of carboxylic acids is 1. The van der Waals surface area contributed by atoms with Gasteiger partial charge in [-0.1, -0.05) is 55.5 Å². The van der Waals surface area contributed by atoms with Gasteiger partial charge in [0.15, 0.2) is 4.87 Å². The number of nitrogens with one attached hydrogen (secondary N) is 1. The van der Waals surface area contributed by atoms with Gasteiger partial charge in [-0.15, -0.1) is 11.8 Å². The van der Waals surface area contributed by atoms with Gasteiger partial charge in [-0.2, -0.15) is 0 Å². The third kappa shape index (κ3) is 3.03. The standard InChI is InChI=1S/C21H21NO4S/c1-2-21(22-18(12-27-21)19(23)24)20(25)26-11-17-15-9-5-3-7-13(15)14-8-4-6-10-16(14)17/h3-10,17-18,22H,2,11-12H2,1H3,(H,23,24)/t18-,21?/m1/s1. The van der Waals surface area contributed by atoms with Crippen molar-refractivity contribution in [1.82, 2.24) is 5.32 Å². The lowest BCUT2D eigenvalue weighted by Gasteiger charge is -2.26. The van der Waals surface area contributed by atoms with E-state index in [1.807, 2.05) is 31.2 Å². The maximum absolute atomic E-state index is 12.8. The second kappa shape index (κ2) is 7.02. The van der Waals surface area contributed by atoms with E-state index < -0.39 is 16.9 Å². The van der Waals surface area contributed by atoms with E-state index in [0.717, 1.165) is 11.1 Å². The van der Waals surface area contributed by atoms with Crippen molar-refractivity contribution in [3.05, 3.63) is 59.7 Å². The Labute approximate surface area is 162 Å². The number of carboxylic acid groups (broad SMARTS) is 1. The molecular formula is C21H21NO4S. The fourth-order valence-electron chi connectivity index (χ4n) is 3.90. The van der Waals surface area contributed by atoms with E-state index in [0.29, 0.717) is 12.2 Å². The number of ether oxygens (including phenoxy) is 1. The first-order chi connectivity index (χ1) is 13.1. The highest BCUT2D eigenvalue weighted by molar-refractivity contribution is 8.01. The molecule has 2 aliphatic rings. The molecule has 0 aromatic heterocycles. The maximum Gasteiger partial charge on any atom is 0.336 e. The molecule has 2 N–H and O–H groups in total. The SMILES string of the molecule is CCC1(C(=O)OCC2c3ccccc3-c3ccccc32)N[C@@H](C(=O)O)CS1. The molecule has 2 atom stereocenters. The van der Waals surface area contributed by atoms with Gasteiger partial charge >= 0.3 is 11.9 Å². The Morgan fingerprint density at radius 2 is 1.74 bits per heavy atom. The van der Waals surface area contributed by atoms with Crippen molar-refractivity contribution in [3.63, 3.8) is 0 Å². The molecule has 1 heterocycles. The van der Waals surface area contributed by atoms with E-state index >= 15 is 0 Å². The summed E-state index contributed by atoms with van der Waals surface area (Å²) in [4.78, 5) is 23.1. The summed E-state index contributed by atoms with van der Waals surface area (Å²) < 4.78 is 5.73. The van der Waals surface area contributed by atoms with E-state index in [9.17, 15) is 14.7 Å². The van der Waals surface area contributed by atoms with Gasteiger partial charge in [-0.05, 0) is 28.7 Å². The largest absolute Gasteiger partial charge is 0.480 e. The van der Waals surface area contributed by atoms with Gasteiger partial charge in [0.05, 0.1) is 0 Å². The van der Waals surface area contributed by atoms with Crippen molar-refractivity contribution in [2.75, 3.05) is 12.4 Å². The number of carbonyl (C=O) groups excluding carboxylic acids is 1. The van der Waals surface area contributed by atoms with E-state index in [1.54, 1.807) is 0 Å². The number of aliphatic carboxylic acids is 1. The molecule has 6 heteroatoms. The van der Waals surface area contributed by atoms with Crippen molar-refractivity contribution in [2.24, 2.45) is 0 Å². The van der Waals surface area contributed by atoms with Gasteiger partial charge in [0.25, 0.3) is 0 Å². The van der Waals surface area contributed by atoms with Crippen LogP contribution in [0.25, 0.3) is 11.1 Å². The van der Waals surface area contributed by atoms with Crippen LogP contribution < -0.4 is 5.32 Å². The average molecular weight is 383 g/mol. The second-order valence-corrected chi connectivity index (χ2v) is 8.17. The minimum atomic E-state index is -0.985. The minimum absolute atomic E-state index is 0.00284. The van der Waals surface area contributed by atoms with Gasteiger partial charge in [0, 0.05) is 11.7 Å². The molecule has 1 aliphatic carbocycles. The van der Waals surface area contributed by atoms with Gasteiger partial charge in [-0.25, -0.2) is 4.79 Å². The highest BCUT2D eigenvalue weighted by Gasteiger charge is 2.48. The molecule has 4 rings (SSSR count). The van der Waals surface area contributed by atoms with Gasteiger partial charge in [0.1, 0.15) is 12.6 Å². The molecular weight excluding hydrogens is 362 g/mol. The number of esters is 1. The summed E-state index contributed by atoms with van der Waals surface area (Å²) in [6, 6.07) is 15.6. The van der Waals surface area contributed by atoms with Crippen molar-refractivity contribution in [3.8, 4) is 11.1 Å². The van der Waals surface area contributed by atoms with Crippen LogP contribution in [-0.4, -0.2) is 40.3 Å². The maximum atomic E-state index is 12.8. The monoisotopic (exact) mass is 383 g/mol. The third-order valence-electron chi connectivity index (χ3n) is 5.37. The van der Waals surface area contributed by atoms with Gasteiger partial charge < -0.3 is 9.84 Å². The van der Waals surface area contributed by atoms with Crippen LogP contribution in [0.5, 0.6) is 0 Å². The molecule has 1 unspecified atom stereocenters. The van der Waals surface area contributed by atoms with Crippen LogP contribution in [0, 0.1) is 0 Å². The van der Waals surface area contributed by atoms with Crippen LogP contribution in [0.3, 0.4) is 0 Å². The molecule has 27 heavy (non-hydrogen) atoms. The lowest BCUT2D eigenvalue weighted by molar-refractivity contribution is -0.148. The zero-order valence-electron chi connectivity index (χ0n) is 15.0. The summed E-state index contributed by atoms with van der Waals surface area (Å²) in [6.07, 6.45) is 0.470. The van der Waals surface area contributed by atoms with Crippen LogP contribution in [0.2, 0.25) is 0 Å². The molecule has 2 aromatic carbocycles. The molecule has 140 valence electrons. The summed E-state index contributed by atoms with van der Waals surface area (Å²) in [7, 11) is 0. The van der Waals surface area contributed by atoms with E-state index in [2.05, 4.69) is 29.6 Å². The molecule has 5 nitrogen and oxygen atoms in total. The zero-order chi connectivity index (χ0) is 19.0. The Balaban J connectivity index is 1.54. The number of carbonyl (C=O) groups is 2. The minimum Gasteiger partial charge on any atom is -0.480 e. The highest BCUT2D eigenvalue weighted by atomic mass is 32.2. The topological polar surface area (TPSA) is 75.6 Å². The molecule has 1 aliphatic heterocycles. The van der Waals surface area contributed by atoms with Crippen LogP contribution in [0.1, 0.15) is 30.4 Å². The molecule has 0 bridgehead atoms. The quantitative estimate of drug-likeness (QED) is 0.772. The fourth-order valence-corrected chi connectivity index (χ4v) is 5.19. The number of thioether (sulfide) groups is 1. The summed E-state index contributed by atoms with van der Waals surface area (Å²) in [6.45, 7) is 2.11. The van der Waals surface area contributed by atoms with E-state index in [4.69, 9.17) is 4.74 Å². The molecule has 0 amide bonds. The number of hydrogen-bond acceptors (Lipinski definition) is 5. The molecule has 1 fully saturated rings. The third-order valence-corrected chi connectivity index (χ3v) is 6.94. The van der Waals surface area contributed by atoms with Crippen LogP contribution in [-0.2, 0) is 14.3 Å². The number of benzene rings is 2. The fraction of sp³-hybridized carbons (Fsp3) is 0.333. The van der Waals surface area contributed by atoms with E-state index in [-0.39, 0.29) is 18.5 Å². The Kier molecular flexibility index (Phi) is 4.70. The lowest BCUT2D eigenvalue weighted by Crippen LogP contribution is -2.51. The number of fused-ring (bicyclic) bond motifs is 3. The van der Waals surface area contributed by atoms with Gasteiger partial charge in [0.2, 0.25) is 0 Å². The predicted molar refractivity (Wildman–Crippen MR) is 105 cm³/mol. The van der Waals surface area contributed by atoms with Crippen molar-refractivity contribution in [2.45, 2.75) is 30.2 Å². The average Bonchev–Trinajstić information content (AvgIpc) is 3.27. The molecule has 0 spiro atoms. The number of hydrogen-bond donors (Lipinski definition) is 2. The Morgan fingerprint density at radius 1 is 1.15 bits per heavy atom. The summed E-state index contributed by atoms with van der Waals surface area (Å²) in [5.74, 6) is -0.977. The van der Waals surface area contributed by atoms with Crippen molar-refractivity contribution < 1.29 is 19.4 Å². The highest BCUT2D eigenvalue weighted by Crippen LogP contribution is 2.45. The molecule has 2 aromatic rings. The molecule has 1 saturated heterocycles. The lowest BCUT2D eigenvalue weighted by atomic mass is 9.98. The number of rotatable bonds is 5. The Bertz CT molecular complexity index is 854. The van der Waals surface area contributed by atoms with Gasteiger partial charge in [-0.3, -0.25) is 10.1 Å². The van der Waals surface area contributed by atoms with Crippen molar-refractivity contribution >= 4 is 23.7 Å². The first-order valence-electron chi connectivity index (χ1n) is 9.05. The summed E-state index contributed by atoms with van der Waals surface area (Å²) in [5, 5.41) is 12.2. The second-order valence-electron chi connectivity index (χ2n) is 6.85. The Hall–Kier alpha value is -2.31. The first-order valence-corrected chi connectivity index (χ1v) is 10.0. The Morgan fingerprint density at radius 3 is 2.26 bits per heavy atom. The zero-order valence-corrected chi connectivity index (χ0v) is 15.8. The predicted octanol–water partition coefficient (Wildman–Crippen LogP) is 3.24. The van der Waals surface area contributed by atoms with E-state index in [1.165, 1.54) is 22.9 Å². The summed E-state index contributed by atoms with van der Waals surface area (Å²) in [5.41, 5.74) is 4.68. The molecule has 0 radical (unpaired) electrons. The smallest absolute Gasteiger partial charge is 0.336 e. The normalized spacial score (nSPS) is 23.7. The van der Waals surface area contributed by atoms with Crippen LogP contribution in [0.4, 0.5) is 0 Å². The van der Waals surface area contributed by atoms with Crippen LogP contribution in [0.15, 0.2) is 48.5 Å². The summed E-state index contributed by atoms with van der Waals surface area (Å²) >= 11 is 1.32.